The molecule has 2 aromatic carbocycles. The molecule has 0 radical (unpaired) electrons. The Labute approximate surface area is 264 Å². The molecule has 0 fully saturated rings. The van der Waals surface area contributed by atoms with Crippen LogP contribution in [0.25, 0.3) is 22.3 Å². The second-order valence-corrected chi connectivity index (χ2v) is 12.0. The Morgan fingerprint density at radius 2 is 1.67 bits per heavy atom. The van der Waals surface area contributed by atoms with E-state index in [2.05, 4.69) is 4.98 Å². The molecule has 0 aliphatic carbocycles. The van der Waals surface area contributed by atoms with E-state index in [0.717, 1.165) is 10.9 Å². The van der Waals surface area contributed by atoms with Gasteiger partial charge in [0.25, 0.3) is 5.91 Å². The van der Waals surface area contributed by atoms with Gasteiger partial charge < -0.3 is 19.1 Å². The van der Waals surface area contributed by atoms with Crippen LogP contribution in [-0.2, 0) is 24.2 Å². The molecule has 0 N–H and O–H groups in total. The number of hydrogen-bond acceptors (Lipinski definition) is 7. The number of rotatable bonds is 7. The van der Waals surface area contributed by atoms with E-state index in [0.29, 0.717) is 39.7 Å². The lowest BCUT2D eigenvalue weighted by molar-refractivity contribution is 0.0543. The van der Waals surface area contributed by atoms with Crippen LogP contribution in [0, 0.1) is 11.6 Å². The highest BCUT2D eigenvalue weighted by Crippen LogP contribution is 2.35. The fraction of sp³-hybridized carbons (Fsp3) is 0.257. The van der Waals surface area contributed by atoms with Gasteiger partial charge in [0, 0.05) is 35.3 Å². The van der Waals surface area contributed by atoms with Gasteiger partial charge in [-0.1, -0.05) is 6.07 Å². The van der Waals surface area contributed by atoms with E-state index in [1.807, 2.05) is 12.1 Å². The quantitative estimate of drug-likeness (QED) is 0.193. The zero-order valence-electron chi connectivity index (χ0n) is 26.1. The lowest BCUT2D eigenvalue weighted by Gasteiger charge is -2.19. The molecule has 1 aliphatic heterocycles. The predicted octanol–water partition coefficient (Wildman–Crippen LogP) is 6.92. The molecule has 0 atom stereocenters. The average Bonchev–Trinajstić information content (AvgIpc) is 3.57. The summed E-state index contributed by atoms with van der Waals surface area (Å²) in [5, 5.41) is 0.722. The zero-order chi connectivity index (χ0) is 32.7. The second kappa shape index (κ2) is 11.9. The molecule has 0 bridgehead atoms. The fourth-order valence-corrected chi connectivity index (χ4v) is 5.57. The van der Waals surface area contributed by atoms with Gasteiger partial charge in [0.05, 0.1) is 49.8 Å². The fourth-order valence-electron chi connectivity index (χ4n) is 5.57. The first-order valence-corrected chi connectivity index (χ1v) is 14.6. The Morgan fingerprint density at radius 3 is 2.37 bits per heavy atom. The number of methoxy groups -OCH3 is 2. The van der Waals surface area contributed by atoms with Gasteiger partial charge >= 0.3 is 6.09 Å². The van der Waals surface area contributed by atoms with Crippen molar-refractivity contribution >= 4 is 23.0 Å². The summed E-state index contributed by atoms with van der Waals surface area (Å²) in [6.45, 7) is 5.66. The molecule has 1 amide bonds. The Hall–Kier alpha value is -5.32. The number of halogens is 2. The molecule has 236 valence electrons. The molecule has 4 heterocycles. The van der Waals surface area contributed by atoms with Crippen LogP contribution in [0.4, 0.5) is 13.6 Å². The van der Waals surface area contributed by atoms with Crippen LogP contribution in [0.5, 0.6) is 11.5 Å². The van der Waals surface area contributed by atoms with E-state index >= 15 is 0 Å². The van der Waals surface area contributed by atoms with Crippen LogP contribution in [-0.4, -0.2) is 51.3 Å². The van der Waals surface area contributed by atoms with Crippen molar-refractivity contribution in [2.45, 2.75) is 45.9 Å². The molecule has 6 rings (SSSR count). The Balaban J connectivity index is 1.41. The van der Waals surface area contributed by atoms with Crippen molar-refractivity contribution in [3.8, 4) is 22.8 Å². The average molecular weight is 627 g/mol. The van der Waals surface area contributed by atoms with Crippen LogP contribution in [0.3, 0.4) is 0 Å². The summed E-state index contributed by atoms with van der Waals surface area (Å²) in [6, 6.07) is 15.9. The summed E-state index contributed by atoms with van der Waals surface area (Å²) in [7, 11) is 3.09. The summed E-state index contributed by atoms with van der Waals surface area (Å²) < 4.78 is 47.6. The van der Waals surface area contributed by atoms with Gasteiger partial charge in [-0.15, -0.1) is 0 Å². The highest BCUT2D eigenvalue weighted by Gasteiger charge is 2.33. The van der Waals surface area contributed by atoms with Crippen molar-refractivity contribution in [2.24, 2.45) is 0 Å². The van der Waals surface area contributed by atoms with E-state index in [1.165, 1.54) is 35.9 Å². The lowest BCUT2D eigenvalue weighted by Crippen LogP contribution is -2.26. The van der Waals surface area contributed by atoms with E-state index in [9.17, 15) is 18.4 Å². The molecule has 0 spiro atoms. The van der Waals surface area contributed by atoms with E-state index < -0.39 is 23.3 Å². The number of aromatic nitrogens is 3. The number of benzene rings is 2. The highest BCUT2D eigenvalue weighted by molar-refractivity contribution is 6.00. The van der Waals surface area contributed by atoms with Crippen LogP contribution in [0.2, 0.25) is 0 Å². The number of ether oxygens (including phenoxy) is 3. The SMILES string of the molecule is COc1ccc(CN2Cc3nc(-c4c(F)cccc4F)cc(Cc4ccc5ccn(C(=O)OC(C)(C)C)c5n4)c3C2=O)c(OC)c1. The standard InChI is InChI=1S/C35H32F2N4O5/c1-35(2,3)46-34(43)41-14-13-20-9-11-23(38-32(20)41)15-22-16-27(31-25(36)7-6-8-26(31)37)39-28-19-40(33(42)30(22)28)18-21-10-12-24(44-4)17-29(21)45-5/h6-14,16-17H,15,18-19H2,1-5H3. The summed E-state index contributed by atoms with van der Waals surface area (Å²) in [6.07, 6.45) is 1.15. The number of amides is 1. The van der Waals surface area contributed by atoms with Gasteiger partial charge in [0.1, 0.15) is 34.4 Å². The van der Waals surface area contributed by atoms with Crippen LogP contribution >= 0.6 is 0 Å². The molecule has 3 aromatic heterocycles. The second-order valence-electron chi connectivity index (χ2n) is 12.0. The molecule has 9 nitrogen and oxygen atoms in total. The Morgan fingerprint density at radius 1 is 0.913 bits per heavy atom. The van der Waals surface area contributed by atoms with Crippen LogP contribution < -0.4 is 9.47 Å². The summed E-state index contributed by atoms with van der Waals surface area (Å²) >= 11 is 0. The van der Waals surface area contributed by atoms with Gasteiger partial charge in [-0.3, -0.25) is 4.79 Å². The number of carbonyl (C=O) groups is 2. The minimum Gasteiger partial charge on any atom is -0.497 e. The van der Waals surface area contributed by atoms with Crippen molar-refractivity contribution in [2.75, 3.05) is 14.2 Å². The van der Waals surface area contributed by atoms with Crippen molar-refractivity contribution in [3.63, 3.8) is 0 Å². The molecular weight excluding hydrogens is 594 g/mol. The first-order chi connectivity index (χ1) is 22.0. The van der Waals surface area contributed by atoms with Crippen molar-refractivity contribution < 1.29 is 32.6 Å². The normalized spacial score (nSPS) is 12.8. The number of pyridine rings is 2. The Kier molecular flexibility index (Phi) is 7.93. The molecule has 0 unspecified atom stereocenters. The lowest BCUT2D eigenvalue weighted by atomic mass is 9.98. The number of hydrogen-bond donors (Lipinski definition) is 0. The van der Waals surface area contributed by atoms with Gasteiger partial charge in [-0.2, -0.15) is 0 Å². The maximum Gasteiger partial charge on any atom is 0.420 e. The van der Waals surface area contributed by atoms with E-state index in [-0.39, 0.29) is 36.7 Å². The van der Waals surface area contributed by atoms with Crippen molar-refractivity contribution in [1.29, 1.82) is 0 Å². The molecule has 11 heteroatoms. The molecule has 0 saturated heterocycles. The summed E-state index contributed by atoms with van der Waals surface area (Å²) in [5.74, 6) is -0.654. The van der Waals surface area contributed by atoms with Crippen molar-refractivity contribution in [1.82, 2.24) is 19.4 Å². The highest BCUT2D eigenvalue weighted by atomic mass is 19.1. The van der Waals surface area contributed by atoms with Gasteiger partial charge in [-0.05, 0) is 74.9 Å². The van der Waals surface area contributed by atoms with E-state index in [1.54, 1.807) is 63.2 Å². The monoisotopic (exact) mass is 626 g/mol. The maximum absolute atomic E-state index is 15.0. The molecule has 5 aromatic rings. The van der Waals surface area contributed by atoms with Gasteiger partial charge in [-0.25, -0.2) is 28.1 Å². The first-order valence-electron chi connectivity index (χ1n) is 14.6. The van der Waals surface area contributed by atoms with Crippen LogP contribution in [0.1, 0.15) is 53.6 Å². The number of carbonyl (C=O) groups excluding carboxylic acids is 2. The molecule has 1 aliphatic rings. The number of nitrogens with zero attached hydrogens (tertiary/aromatic N) is 4. The number of fused-ring (bicyclic) bond motifs is 2. The third kappa shape index (κ3) is 5.88. The molecule has 46 heavy (non-hydrogen) atoms. The van der Waals surface area contributed by atoms with E-state index in [4.69, 9.17) is 19.2 Å². The van der Waals surface area contributed by atoms with Gasteiger partial charge in [0.2, 0.25) is 0 Å². The molecule has 0 saturated carbocycles. The summed E-state index contributed by atoms with van der Waals surface area (Å²) in [4.78, 5) is 37.8. The maximum atomic E-state index is 15.0. The minimum atomic E-state index is -0.766. The predicted molar refractivity (Wildman–Crippen MR) is 167 cm³/mol. The first kappa shape index (κ1) is 30.7. The van der Waals surface area contributed by atoms with Crippen molar-refractivity contribution in [3.05, 3.63) is 107 Å². The molecular formula is C35H32F2N4O5. The zero-order valence-corrected chi connectivity index (χ0v) is 26.1. The third-order valence-corrected chi connectivity index (χ3v) is 7.65. The largest absolute Gasteiger partial charge is 0.497 e. The smallest absolute Gasteiger partial charge is 0.420 e. The minimum absolute atomic E-state index is 0.0687. The van der Waals surface area contributed by atoms with Gasteiger partial charge in [0.15, 0.2) is 0 Å². The summed E-state index contributed by atoms with van der Waals surface area (Å²) in [5.41, 5.74) is 1.99. The Bertz CT molecular complexity index is 1980. The topological polar surface area (TPSA) is 95.8 Å². The third-order valence-electron chi connectivity index (χ3n) is 7.65. The van der Waals surface area contributed by atoms with Crippen LogP contribution in [0.15, 0.2) is 66.9 Å².